The van der Waals surface area contributed by atoms with E-state index in [1.54, 1.807) is 0 Å². The molecule has 0 atom stereocenters. The first kappa shape index (κ1) is 11.8. The first-order valence-corrected chi connectivity index (χ1v) is 6.43. The van der Waals surface area contributed by atoms with Gasteiger partial charge in [0.2, 0.25) is 6.41 Å². The lowest BCUT2D eigenvalue weighted by atomic mass is 9.85. The number of hydrogen-bond acceptors (Lipinski definition) is 2. The number of carbonyl (C=O) groups excluding carboxylic acids is 1. The van der Waals surface area contributed by atoms with Crippen LogP contribution in [0.3, 0.4) is 0 Å². The monoisotopic (exact) mass is 253 g/mol. The predicted octanol–water partition coefficient (Wildman–Crippen LogP) is 3.06. The smallest absolute Gasteiger partial charge is 0.207 e. The molecule has 0 saturated carbocycles. The minimum absolute atomic E-state index is 0.272. The summed E-state index contributed by atoms with van der Waals surface area (Å²) >= 11 is 0. The Balaban J connectivity index is 1.98. The number of benzene rings is 2. The van der Waals surface area contributed by atoms with Crippen LogP contribution in [-0.2, 0) is 4.79 Å². The predicted molar refractivity (Wildman–Crippen MR) is 73.5 cm³/mol. The van der Waals surface area contributed by atoms with Crippen LogP contribution in [0.5, 0.6) is 11.5 Å². The molecule has 0 unspecified atom stereocenters. The number of para-hydroxylation sites is 2. The van der Waals surface area contributed by atoms with Gasteiger partial charge in [-0.25, -0.2) is 0 Å². The number of fused-ring (bicyclic) bond motifs is 2. The van der Waals surface area contributed by atoms with Gasteiger partial charge in [-0.2, -0.15) is 0 Å². The molecule has 1 N–H and O–H groups in total. The molecule has 3 rings (SSSR count). The topological polar surface area (TPSA) is 38.3 Å². The molecule has 0 fully saturated rings. The molecular formula is C16H15NO2. The minimum Gasteiger partial charge on any atom is -0.457 e. The maximum Gasteiger partial charge on any atom is 0.207 e. The van der Waals surface area contributed by atoms with E-state index in [2.05, 4.69) is 17.4 Å². The quantitative estimate of drug-likeness (QED) is 0.671. The van der Waals surface area contributed by atoms with Gasteiger partial charge in [-0.15, -0.1) is 0 Å². The second-order valence-corrected chi connectivity index (χ2v) is 4.59. The van der Waals surface area contributed by atoms with E-state index in [0.29, 0.717) is 6.54 Å². The SMILES string of the molecule is O=CNCCC1c2ccccc2Oc2ccccc21. The molecule has 2 aromatic rings. The summed E-state index contributed by atoms with van der Waals surface area (Å²) < 4.78 is 5.92. The van der Waals surface area contributed by atoms with Crippen molar-refractivity contribution in [1.29, 1.82) is 0 Å². The van der Waals surface area contributed by atoms with E-state index in [0.717, 1.165) is 24.3 Å². The van der Waals surface area contributed by atoms with Crippen molar-refractivity contribution in [2.75, 3.05) is 6.54 Å². The Morgan fingerprint density at radius 1 is 1.00 bits per heavy atom. The van der Waals surface area contributed by atoms with Gasteiger partial charge in [0, 0.05) is 23.6 Å². The van der Waals surface area contributed by atoms with Gasteiger partial charge in [0.15, 0.2) is 0 Å². The summed E-state index contributed by atoms with van der Waals surface area (Å²) in [6.45, 7) is 0.664. The number of rotatable bonds is 4. The van der Waals surface area contributed by atoms with Crippen LogP contribution in [0.25, 0.3) is 0 Å². The van der Waals surface area contributed by atoms with Gasteiger partial charge < -0.3 is 10.1 Å². The molecule has 0 aliphatic carbocycles. The highest BCUT2D eigenvalue weighted by molar-refractivity contribution is 5.53. The van der Waals surface area contributed by atoms with E-state index in [4.69, 9.17) is 4.74 Å². The van der Waals surface area contributed by atoms with Crippen molar-refractivity contribution in [3.8, 4) is 11.5 Å². The fourth-order valence-electron chi connectivity index (χ4n) is 2.61. The van der Waals surface area contributed by atoms with Gasteiger partial charge in [0.05, 0.1) is 0 Å². The molecule has 0 radical (unpaired) electrons. The van der Waals surface area contributed by atoms with E-state index in [1.165, 1.54) is 11.1 Å². The summed E-state index contributed by atoms with van der Waals surface area (Å²) in [6.07, 6.45) is 1.62. The largest absolute Gasteiger partial charge is 0.457 e. The van der Waals surface area contributed by atoms with Crippen molar-refractivity contribution in [2.45, 2.75) is 12.3 Å². The molecule has 1 heterocycles. The van der Waals surface area contributed by atoms with Gasteiger partial charge in [0.1, 0.15) is 11.5 Å². The average Bonchev–Trinajstić information content (AvgIpc) is 2.46. The lowest BCUT2D eigenvalue weighted by Gasteiger charge is -2.28. The van der Waals surface area contributed by atoms with Crippen LogP contribution in [0.1, 0.15) is 23.5 Å². The van der Waals surface area contributed by atoms with Crippen LogP contribution < -0.4 is 10.1 Å². The zero-order valence-corrected chi connectivity index (χ0v) is 10.5. The molecular weight excluding hydrogens is 238 g/mol. The fraction of sp³-hybridized carbons (Fsp3) is 0.188. The lowest BCUT2D eigenvalue weighted by molar-refractivity contribution is -0.109. The molecule has 1 amide bonds. The van der Waals surface area contributed by atoms with E-state index < -0.39 is 0 Å². The van der Waals surface area contributed by atoms with E-state index in [9.17, 15) is 4.79 Å². The Bertz CT molecular complexity index is 549. The van der Waals surface area contributed by atoms with Crippen LogP contribution in [0.15, 0.2) is 48.5 Å². The standard InChI is InChI=1S/C16H15NO2/c18-11-17-10-9-12-13-5-1-3-7-15(13)19-16-8-4-2-6-14(12)16/h1-8,11-12H,9-10H2,(H,17,18). The van der Waals surface area contributed by atoms with Crippen molar-refractivity contribution < 1.29 is 9.53 Å². The first-order chi connectivity index (χ1) is 9.40. The second kappa shape index (κ2) is 5.14. The van der Waals surface area contributed by atoms with Crippen molar-refractivity contribution in [1.82, 2.24) is 5.32 Å². The van der Waals surface area contributed by atoms with Crippen molar-refractivity contribution in [3.63, 3.8) is 0 Å². The third-order valence-electron chi connectivity index (χ3n) is 3.47. The zero-order chi connectivity index (χ0) is 13.1. The second-order valence-electron chi connectivity index (χ2n) is 4.59. The highest BCUT2D eigenvalue weighted by Gasteiger charge is 2.25. The molecule has 3 nitrogen and oxygen atoms in total. The van der Waals surface area contributed by atoms with Crippen molar-refractivity contribution in [2.24, 2.45) is 0 Å². The summed E-state index contributed by atoms with van der Waals surface area (Å²) in [7, 11) is 0. The van der Waals surface area contributed by atoms with Crippen LogP contribution >= 0.6 is 0 Å². The molecule has 19 heavy (non-hydrogen) atoms. The molecule has 0 spiro atoms. The molecule has 1 aliphatic heterocycles. The molecule has 2 aromatic carbocycles. The highest BCUT2D eigenvalue weighted by atomic mass is 16.5. The van der Waals surface area contributed by atoms with Crippen molar-refractivity contribution >= 4 is 6.41 Å². The fourth-order valence-corrected chi connectivity index (χ4v) is 2.61. The first-order valence-electron chi connectivity index (χ1n) is 6.43. The molecule has 0 saturated heterocycles. The Hall–Kier alpha value is -2.29. The van der Waals surface area contributed by atoms with Crippen LogP contribution in [-0.4, -0.2) is 13.0 Å². The summed E-state index contributed by atoms with van der Waals surface area (Å²) in [5.41, 5.74) is 2.38. The van der Waals surface area contributed by atoms with Gasteiger partial charge in [-0.1, -0.05) is 36.4 Å². The van der Waals surface area contributed by atoms with E-state index in [1.807, 2.05) is 36.4 Å². The van der Waals surface area contributed by atoms with Gasteiger partial charge in [-0.3, -0.25) is 4.79 Å². The number of amides is 1. The van der Waals surface area contributed by atoms with E-state index >= 15 is 0 Å². The summed E-state index contributed by atoms with van der Waals surface area (Å²) in [5, 5.41) is 2.74. The van der Waals surface area contributed by atoms with E-state index in [-0.39, 0.29) is 5.92 Å². The van der Waals surface area contributed by atoms with Crippen LogP contribution in [0.2, 0.25) is 0 Å². The molecule has 0 bridgehead atoms. The normalized spacial score (nSPS) is 13.1. The Morgan fingerprint density at radius 2 is 1.58 bits per heavy atom. The third kappa shape index (κ3) is 2.19. The molecule has 3 heteroatoms. The number of ether oxygens (including phenoxy) is 1. The van der Waals surface area contributed by atoms with Gasteiger partial charge in [0.25, 0.3) is 0 Å². The summed E-state index contributed by atoms with van der Waals surface area (Å²) in [6, 6.07) is 16.2. The highest BCUT2D eigenvalue weighted by Crippen LogP contribution is 2.45. The summed E-state index contributed by atoms with van der Waals surface area (Å²) in [4.78, 5) is 10.4. The summed E-state index contributed by atoms with van der Waals surface area (Å²) in [5.74, 6) is 2.10. The van der Waals surface area contributed by atoms with Crippen LogP contribution in [0, 0.1) is 0 Å². The maximum absolute atomic E-state index is 10.4. The number of carbonyl (C=O) groups is 1. The Kier molecular flexibility index (Phi) is 3.19. The Morgan fingerprint density at radius 3 is 2.16 bits per heavy atom. The van der Waals surface area contributed by atoms with Gasteiger partial charge in [-0.05, 0) is 18.6 Å². The third-order valence-corrected chi connectivity index (χ3v) is 3.47. The average molecular weight is 253 g/mol. The lowest BCUT2D eigenvalue weighted by Crippen LogP contribution is -2.18. The Labute approximate surface area is 112 Å². The molecule has 96 valence electrons. The van der Waals surface area contributed by atoms with Crippen LogP contribution in [0.4, 0.5) is 0 Å². The number of nitrogens with one attached hydrogen (secondary N) is 1. The van der Waals surface area contributed by atoms with Crippen molar-refractivity contribution in [3.05, 3.63) is 59.7 Å². The van der Waals surface area contributed by atoms with Gasteiger partial charge >= 0.3 is 0 Å². The zero-order valence-electron chi connectivity index (χ0n) is 10.5. The maximum atomic E-state index is 10.4. The number of hydrogen-bond donors (Lipinski definition) is 1. The minimum atomic E-state index is 0.272. The molecule has 0 aromatic heterocycles. The molecule has 1 aliphatic rings.